The van der Waals surface area contributed by atoms with Gasteiger partial charge in [-0.15, -0.1) is 6.58 Å². The highest BCUT2D eigenvalue weighted by atomic mass is 16.2. The number of nitrogens with zero attached hydrogens (tertiary/aromatic N) is 1. The van der Waals surface area contributed by atoms with E-state index in [-0.39, 0.29) is 11.8 Å². The Morgan fingerprint density at radius 3 is 2.77 bits per heavy atom. The Morgan fingerprint density at radius 1 is 1.69 bits per heavy atom. The number of hydrogen-bond donors (Lipinski definition) is 1. The van der Waals surface area contributed by atoms with Gasteiger partial charge >= 0.3 is 0 Å². The van der Waals surface area contributed by atoms with E-state index in [1.165, 1.54) is 0 Å². The molecule has 1 aliphatic heterocycles. The first-order valence-corrected chi connectivity index (χ1v) is 4.90. The fourth-order valence-corrected chi connectivity index (χ4v) is 1.44. The van der Waals surface area contributed by atoms with Crippen molar-refractivity contribution in [1.82, 2.24) is 10.2 Å². The number of hydrogen-bond acceptors (Lipinski definition) is 2. The summed E-state index contributed by atoms with van der Waals surface area (Å²) >= 11 is 0. The minimum absolute atomic E-state index is 0.214. The molecule has 1 aliphatic rings. The van der Waals surface area contributed by atoms with Gasteiger partial charge in [0.25, 0.3) is 0 Å². The highest BCUT2D eigenvalue weighted by Gasteiger charge is 2.28. The van der Waals surface area contributed by atoms with Crippen molar-refractivity contribution in [2.75, 3.05) is 26.2 Å². The molecule has 3 nitrogen and oxygen atoms in total. The second-order valence-corrected chi connectivity index (χ2v) is 3.43. The predicted molar refractivity (Wildman–Crippen MR) is 53.4 cm³/mol. The maximum Gasteiger partial charge on any atom is 0.228 e. The van der Waals surface area contributed by atoms with Crippen LogP contribution in [0.4, 0.5) is 0 Å². The SMILES string of the molecule is C=CCN(CCC)C(=O)C1CNC1. The molecule has 0 saturated carbocycles. The molecule has 0 aliphatic carbocycles. The Labute approximate surface area is 79.8 Å². The topological polar surface area (TPSA) is 32.3 Å². The monoisotopic (exact) mass is 182 g/mol. The van der Waals surface area contributed by atoms with E-state index < -0.39 is 0 Å². The van der Waals surface area contributed by atoms with Crippen molar-refractivity contribution in [3.8, 4) is 0 Å². The summed E-state index contributed by atoms with van der Waals surface area (Å²) in [6.07, 6.45) is 2.80. The molecule has 0 atom stereocenters. The Balaban J connectivity index is 2.41. The summed E-state index contributed by atoms with van der Waals surface area (Å²) in [4.78, 5) is 13.6. The first kappa shape index (κ1) is 10.3. The first-order valence-electron chi connectivity index (χ1n) is 4.90. The third-order valence-electron chi connectivity index (χ3n) is 2.29. The Hall–Kier alpha value is -0.830. The average Bonchev–Trinajstić information content (AvgIpc) is 2.01. The van der Waals surface area contributed by atoms with Crippen molar-refractivity contribution in [1.29, 1.82) is 0 Å². The molecule has 74 valence electrons. The van der Waals surface area contributed by atoms with E-state index in [2.05, 4.69) is 18.8 Å². The third-order valence-corrected chi connectivity index (χ3v) is 2.29. The van der Waals surface area contributed by atoms with Gasteiger partial charge < -0.3 is 10.2 Å². The highest BCUT2D eigenvalue weighted by Crippen LogP contribution is 2.08. The van der Waals surface area contributed by atoms with Crippen LogP contribution in [0.3, 0.4) is 0 Å². The molecule has 3 heteroatoms. The van der Waals surface area contributed by atoms with E-state index in [0.717, 1.165) is 26.1 Å². The molecular weight excluding hydrogens is 164 g/mol. The summed E-state index contributed by atoms with van der Waals surface area (Å²) < 4.78 is 0. The lowest BCUT2D eigenvalue weighted by Crippen LogP contribution is -2.52. The highest BCUT2D eigenvalue weighted by molar-refractivity contribution is 5.80. The number of amides is 1. The van der Waals surface area contributed by atoms with Gasteiger partial charge in [0, 0.05) is 26.2 Å². The van der Waals surface area contributed by atoms with E-state index in [4.69, 9.17) is 0 Å². The lowest BCUT2D eigenvalue weighted by atomic mass is 10.0. The molecule has 1 N–H and O–H groups in total. The fraction of sp³-hybridized carbons (Fsp3) is 0.700. The van der Waals surface area contributed by atoms with Crippen molar-refractivity contribution in [2.45, 2.75) is 13.3 Å². The maximum atomic E-state index is 11.7. The second-order valence-electron chi connectivity index (χ2n) is 3.43. The smallest absolute Gasteiger partial charge is 0.228 e. The van der Waals surface area contributed by atoms with Crippen LogP contribution in [0, 0.1) is 5.92 Å². The van der Waals surface area contributed by atoms with Crippen LogP contribution < -0.4 is 5.32 Å². The van der Waals surface area contributed by atoms with Crippen LogP contribution in [0.2, 0.25) is 0 Å². The molecule has 1 heterocycles. The van der Waals surface area contributed by atoms with Crippen LogP contribution in [-0.4, -0.2) is 37.0 Å². The summed E-state index contributed by atoms with van der Waals surface area (Å²) in [7, 11) is 0. The lowest BCUT2D eigenvalue weighted by Gasteiger charge is -2.31. The van der Waals surface area contributed by atoms with Crippen LogP contribution in [0.15, 0.2) is 12.7 Å². The summed E-state index contributed by atoms with van der Waals surface area (Å²) in [6, 6.07) is 0. The molecule has 1 amide bonds. The normalized spacial score (nSPS) is 16.4. The van der Waals surface area contributed by atoms with E-state index in [1.54, 1.807) is 6.08 Å². The number of carbonyl (C=O) groups is 1. The van der Waals surface area contributed by atoms with E-state index in [9.17, 15) is 4.79 Å². The lowest BCUT2D eigenvalue weighted by molar-refractivity contribution is -0.136. The second kappa shape index (κ2) is 5.02. The molecule has 0 aromatic rings. The van der Waals surface area contributed by atoms with Crippen molar-refractivity contribution in [2.24, 2.45) is 5.92 Å². The standard InChI is InChI=1S/C10H18N2O/c1-3-5-12(6-4-2)10(13)9-7-11-8-9/h3,9,11H,1,4-8H2,2H3. The predicted octanol–water partition coefficient (Wildman–Crippen LogP) is 0.630. The van der Waals surface area contributed by atoms with E-state index in [0.29, 0.717) is 6.54 Å². The minimum atomic E-state index is 0.214. The van der Waals surface area contributed by atoms with Crippen molar-refractivity contribution in [3.05, 3.63) is 12.7 Å². The average molecular weight is 182 g/mol. The quantitative estimate of drug-likeness (QED) is 0.632. The molecule has 1 rings (SSSR count). The molecule has 0 bridgehead atoms. The van der Waals surface area contributed by atoms with Gasteiger partial charge in [0.05, 0.1) is 5.92 Å². The largest absolute Gasteiger partial charge is 0.339 e. The molecule has 1 saturated heterocycles. The summed E-state index contributed by atoms with van der Waals surface area (Å²) in [5.74, 6) is 0.493. The summed E-state index contributed by atoms with van der Waals surface area (Å²) in [6.45, 7) is 8.96. The van der Waals surface area contributed by atoms with Crippen LogP contribution in [-0.2, 0) is 4.79 Å². The number of carbonyl (C=O) groups excluding carboxylic acids is 1. The van der Waals surface area contributed by atoms with Crippen LogP contribution in [0.25, 0.3) is 0 Å². The Bertz CT molecular complexity index is 187. The van der Waals surface area contributed by atoms with Crippen LogP contribution >= 0.6 is 0 Å². The zero-order chi connectivity index (χ0) is 9.68. The van der Waals surface area contributed by atoms with Crippen molar-refractivity contribution >= 4 is 5.91 Å². The number of nitrogens with one attached hydrogen (secondary N) is 1. The van der Waals surface area contributed by atoms with Gasteiger partial charge in [-0.25, -0.2) is 0 Å². The minimum Gasteiger partial charge on any atom is -0.339 e. The molecule has 1 fully saturated rings. The maximum absolute atomic E-state index is 11.7. The van der Waals surface area contributed by atoms with Gasteiger partial charge in [-0.05, 0) is 6.42 Å². The van der Waals surface area contributed by atoms with Gasteiger partial charge in [0.2, 0.25) is 5.91 Å². The molecule has 0 spiro atoms. The first-order chi connectivity index (χ1) is 6.29. The van der Waals surface area contributed by atoms with Gasteiger partial charge in [0.15, 0.2) is 0 Å². The molecule has 0 radical (unpaired) electrons. The van der Waals surface area contributed by atoms with Crippen molar-refractivity contribution < 1.29 is 4.79 Å². The summed E-state index contributed by atoms with van der Waals surface area (Å²) in [5, 5.41) is 3.11. The Morgan fingerprint density at radius 2 is 2.38 bits per heavy atom. The van der Waals surface area contributed by atoms with Crippen molar-refractivity contribution in [3.63, 3.8) is 0 Å². The van der Waals surface area contributed by atoms with Gasteiger partial charge in [-0.1, -0.05) is 13.0 Å². The molecule has 0 aromatic heterocycles. The number of rotatable bonds is 5. The van der Waals surface area contributed by atoms with E-state index in [1.807, 2.05) is 4.90 Å². The Kier molecular flexibility index (Phi) is 3.96. The molecule has 13 heavy (non-hydrogen) atoms. The van der Waals surface area contributed by atoms with Crippen LogP contribution in [0.5, 0.6) is 0 Å². The van der Waals surface area contributed by atoms with Gasteiger partial charge in [-0.2, -0.15) is 0 Å². The zero-order valence-electron chi connectivity index (χ0n) is 8.25. The van der Waals surface area contributed by atoms with Gasteiger partial charge in [0.1, 0.15) is 0 Å². The zero-order valence-corrected chi connectivity index (χ0v) is 8.25. The molecule has 0 unspecified atom stereocenters. The molecular formula is C10H18N2O. The molecule has 0 aromatic carbocycles. The fourth-order valence-electron chi connectivity index (χ4n) is 1.44. The summed E-state index contributed by atoms with van der Waals surface area (Å²) in [5.41, 5.74) is 0. The van der Waals surface area contributed by atoms with Gasteiger partial charge in [-0.3, -0.25) is 4.79 Å². The van der Waals surface area contributed by atoms with E-state index >= 15 is 0 Å². The third kappa shape index (κ3) is 2.56. The van der Waals surface area contributed by atoms with Crippen LogP contribution in [0.1, 0.15) is 13.3 Å².